The van der Waals surface area contributed by atoms with E-state index in [1.165, 1.54) is 0 Å². The van der Waals surface area contributed by atoms with Crippen molar-refractivity contribution in [2.24, 2.45) is 0 Å². The van der Waals surface area contributed by atoms with Crippen LogP contribution in [0, 0.1) is 58.2 Å². The summed E-state index contributed by atoms with van der Waals surface area (Å²) in [6.07, 6.45) is 0. The summed E-state index contributed by atoms with van der Waals surface area (Å²) in [6, 6.07) is 0. The van der Waals surface area contributed by atoms with Gasteiger partial charge in [0.1, 0.15) is 11.1 Å². The maximum atomic E-state index is 13.4. The molecule has 1 amide bonds. The highest BCUT2D eigenvalue weighted by Crippen LogP contribution is 2.25. The molecule has 2 aromatic rings. The van der Waals surface area contributed by atoms with Crippen LogP contribution in [0.25, 0.3) is 0 Å². The number of carbonyl (C=O) groups is 2. The van der Waals surface area contributed by atoms with Crippen molar-refractivity contribution in [3.05, 3.63) is 69.3 Å². The van der Waals surface area contributed by atoms with E-state index in [9.17, 15) is 53.5 Å². The van der Waals surface area contributed by atoms with Crippen molar-refractivity contribution in [2.75, 3.05) is 0 Å². The fourth-order valence-electron chi connectivity index (χ4n) is 1.78. The van der Waals surface area contributed by atoms with Crippen LogP contribution in [-0.4, -0.2) is 11.9 Å². The van der Waals surface area contributed by atoms with Crippen LogP contribution in [0.4, 0.5) is 43.9 Å². The molecule has 0 aromatic heterocycles. The van der Waals surface area contributed by atoms with E-state index < -0.39 is 81.2 Å². The Morgan fingerprint density at radius 1 is 0.500 bits per heavy atom. The van der Waals surface area contributed by atoms with Gasteiger partial charge in [0, 0.05) is 0 Å². The Bertz CT molecular complexity index is 884. The first kappa shape index (κ1) is 21.0. The van der Waals surface area contributed by atoms with Crippen molar-refractivity contribution in [3.8, 4) is 0 Å². The lowest BCUT2D eigenvalue weighted by Gasteiger charge is -2.10. The smallest absolute Gasteiger partial charge is 0.335 e. The SMILES string of the molecule is O=C(NOC(=O)c1c(F)c(F)c(F)c(F)c1F)c1c(F)c(F)c(F)c(F)c1F. The molecular weight excluding hydrogens is 420 g/mol. The van der Waals surface area contributed by atoms with Crippen LogP contribution >= 0.6 is 0 Å². The molecule has 0 aliphatic heterocycles. The zero-order valence-corrected chi connectivity index (χ0v) is 12.5. The summed E-state index contributed by atoms with van der Waals surface area (Å²) in [6.45, 7) is 0. The molecule has 0 aliphatic rings. The van der Waals surface area contributed by atoms with E-state index in [2.05, 4.69) is 4.84 Å². The third-order valence-electron chi connectivity index (χ3n) is 3.09. The van der Waals surface area contributed by atoms with Crippen molar-refractivity contribution in [1.82, 2.24) is 5.48 Å². The molecule has 4 nitrogen and oxygen atoms in total. The number of rotatable bonds is 2. The molecule has 2 rings (SSSR count). The summed E-state index contributed by atoms with van der Waals surface area (Å²) in [5, 5.41) is 0. The fraction of sp³-hybridized carbons (Fsp3) is 0. The Balaban J connectivity index is 2.34. The standard InChI is InChI=1S/C14HF10NO3/c15-3-1(4(16)8(20)11(23)7(3)19)13(26)25-28-14(27)2-5(17)9(21)12(24)10(22)6(2)18/h(H,25,26). The highest BCUT2D eigenvalue weighted by molar-refractivity contribution is 5.96. The number of hydrogen-bond acceptors (Lipinski definition) is 3. The van der Waals surface area contributed by atoms with Crippen molar-refractivity contribution in [3.63, 3.8) is 0 Å². The predicted molar refractivity (Wildman–Crippen MR) is 65.3 cm³/mol. The van der Waals surface area contributed by atoms with Gasteiger partial charge < -0.3 is 4.84 Å². The largest absolute Gasteiger partial charge is 0.369 e. The Morgan fingerprint density at radius 3 is 1.14 bits per heavy atom. The van der Waals surface area contributed by atoms with Gasteiger partial charge in [-0.2, -0.15) is 5.48 Å². The van der Waals surface area contributed by atoms with Gasteiger partial charge in [-0.3, -0.25) is 4.79 Å². The summed E-state index contributed by atoms with van der Waals surface area (Å²) in [7, 11) is 0. The Labute approximate surface area is 146 Å². The van der Waals surface area contributed by atoms with Gasteiger partial charge in [-0.15, -0.1) is 0 Å². The summed E-state index contributed by atoms with van der Waals surface area (Å²) in [5.74, 6) is -30.8. The Kier molecular flexibility index (Phi) is 5.52. The molecule has 14 heteroatoms. The number of nitrogens with one attached hydrogen (secondary N) is 1. The molecule has 0 bridgehead atoms. The Hall–Kier alpha value is -3.32. The molecule has 28 heavy (non-hydrogen) atoms. The highest BCUT2D eigenvalue weighted by atomic mass is 19.2. The van der Waals surface area contributed by atoms with Crippen LogP contribution in [-0.2, 0) is 4.84 Å². The summed E-state index contributed by atoms with van der Waals surface area (Å²) < 4.78 is 131. The molecule has 0 unspecified atom stereocenters. The highest BCUT2D eigenvalue weighted by Gasteiger charge is 2.33. The van der Waals surface area contributed by atoms with Crippen LogP contribution in [0.1, 0.15) is 20.7 Å². The summed E-state index contributed by atoms with van der Waals surface area (Å²) >= 11 is 0. The van der Waals surface area contributed by atoms with E-state index in [0.29, 0.717) is 0 Å². The predicted octanol–water partition coefficient (Wildman–Crippen LogP) is 3.58. The van der Waals surface area contributed by atoms with Crippen LogP contribution in [0.2, 0.25) is 0 Å². The van der Waals surface area contributed by atoms with Gasteiger partial charge in [0.2, 0.25) is 11.6 Å². The molecule has 0 aliphatic carbocycles. The second-order valence-electron chi connectivity index (χ2n) is 4.71. The van der Waals surface area contributed by atoms with Crippen molar-refractivity contribution in [2.45, 2.75) is 0 Å². The van der Waals surface area contributed by atoms with Gasteiger partial charge in [0.25, 0.3) is 5.91 Å². The molecule has 150 valence electrons. The first-order valence-corrected chi connectivity index (χ1v) is 6.46. The lowest BCUT2D eigenvalue weighted by Crippen LogP contribution is -2.31. The molecular formula is C14HF10NO3. The monoisotopic (exact) mass is 421 g/mol. The Morgan fingerprint density at radius 2 is 0.786 bits per heavy atom. The van der Waals surface area contributed by atoms with E-state index >= 15 is 0 Å². The average molecular weight is 421 g/mol. The molecule has 0 radical (unpaired) electrons. The number of halogens is 10. The minimum atomic E-state index is -2.64. The lowest BCUT2D eigenvalue weighted by molar-refractivity contribution is 0.0214. The minimum Gasteiger partial charge on any atom is -0.335 e. The molecule has 2 aromatic carbocycles. The maximum Gasteiger partial charge on any atom is 0.369 e. The molecule has 0 atom stereocenters. The number of carbonyl (C=O) groups excluding carboxylic acids is 2. The van der Waals surface area contributed by atoms with Gasteiger partial charge in [0.15, 0.2) is 46.5 Å². The van der Waals surface area contributed by atoms with Gasteiger partial charge >= 0.3 is 5.97 Å². The van der Waals surface area contributed by atoms with E-state index in [1.807, 2.05) is 0 Å². The lowest BCUT2D eigenvalue weighted by atomic mass is 10.1. The van der Waals surface area contributed by atoms with Crippen LogP contribution in [0.15, 0.2) is 0 Å². The molecule has 0 fully saturated rings. The van der Waals surface area contributed by atoms with Crippen LogP contribution in [0.3, 0.4) is 0 Å². The number of hydrogen-bond donors (Lipinski definition) is 1. The second-order valence-corrected chi connectivity index (χ2v) is 4.71. The summed E-state index contributed by atoms with van der Waals surface area (Å²) in [4.78, 5) is 26.5. The average Bonchev–Trinajstić information content (AvgIpc) is 2.66. The van der Waals surface area contributed by atoms with E-state index in [-0.39, 0.29) is 0 Å². The minimum absolute atomic E-state index is 0.765. The van der Waals surface area contributed by atoms with E-state index in [4.69, 9.17) is 0 Å². The van der Waals surface area contributed by atoms with E-state index in [0.717, 1.165) is 5.48 Å². The normalized spacial score (nSPS) is 10.8. The molecule has 0 spiro atoms. The first-order chi connectivity index (χ1) is 12.9. The van der Waals surface area contributed by atoms with Crippen molar-refractivity contribution in [1.29, 1.82) is 0 Å². The third-order valence-corrected chi connectivity index (χ3v) is 3.09. The van der Waals surface area contributed by atoms with Crippen molar-refractivity contribution >= 4 is 11.9 Å². The van der Waals surface area contributed by atoms with Crippen LogP contribution < -0.4 is 5.48 Å². The number of hydroxylamine groups is 1. The first-order valence-electron chi connectivity index (χ1n) is 6.46. The fourth-order valence-corrected chi connectivity index (χ4v) is 1.78. The molecule has 0 saturated carbocycles. The molecule has 1 N–H and O–H groups in total. The third kappa shape index (κ3) is 3.20. The molecule has 0 heterocycles. The van der Waals surface area contributed by atoms with E-state index in [1.54, 1.807) is 0 Å². The zero-order chi connectivity index (χ0) is 21.5. The topological polar surface area (TPSA) is 55.4 Å². The van der Waals surface area contributed by atoms with Gasteiger partial charge in [-0.25, -0.2) is 48.7 Å². The second kappa shape index (κ2) is 7.36. The molecule has 0 saturated heterocycles. The zero-order valence-electron chi connectivity index (χ0n) is 12.5. The summed E-state index contributed by atoms with van der Waals surface area (Å²) in [5.41, 5.74) is -3.59. The maximum absolute atomic E-state index is 13.4. The van der Waals surface area contributed by atoms with Crippen LogP contribution in [0.5, 0.6) is 0 Å². The number of benzene rings is 2. The quantitative estimate of drug-likeness (QED) is 0.349. The van der Waals surface area contributed by atoms with Crippen molar-refractivity contribution < 1.29 is 58.3 Å². The van der Waals surface area contributed by atoms with Gasteiger partial charge in [-0.05, 0) is 0 Å². The van der Waals surface area contributed by atoms with Gasteiger partial charge in [0.05, 0.1) is 0 Å². The number of amides is 1. The van der Waals surface area contributed by atoms with Gasteiger partial charge in [-0.1, -0.05) is 0 Å².